The Morgan fingerprint density at radius 3 is 3.00 bits per heavy atom. The molecular weight excluding hydrogens is 280 g/mol. The lowest BCUT2D eigenvalue weighted by Gasteiger charge is -2.26. The molecule has 0 radical (unpaired) electrons. The number of amides is 1. The maximum absolute atomic E-state index is 11.9. The number of halogens is 1. The van der Waals surface area contributed by atoms with Crippen LogP contribution in [-0.2, 0) is 4.74 Å². The summed E-state index contributed by atoms with van der Waals surface area (Å²) in [7, 11) is 0. The summed E-state index contributed by atoms with van der Waals surface area (Å²) in [4.78, 5) is 18.1. The van der Waals surface area contributed by atoms with Crippen LogP contribution in [-0.4, -0.2) is 55.2 Å². The Hall–Kier alpha value is -1.37. The zero-order chi connectivity index (χ0) is 14.4. The predicted molar refractivity (Wildman–Crippen MR) is 77.9 cm³/mol. The van der Waals surface area contributed by atoms with Crippen molar-refractivity contribution < 1.29 is 9.53 Å². The minimum atomic E-state index is -0.239. The number of hydrogen-bond acceptors (Lipinski definition) is 5. The second-order valence-electron chi connectivity index (χ2n) is 4.67. The van der Waals surface area contributed by atoms with Crippen LogP contribution in [0.3, 0.4) is 0 Å². The summed E-state index contributed by atoms with van der Waals surface area (Å²) >= 11 is 5.88. The molecule has 0 bridgehead atoms. The van der Waals surface area contributed by atoms with Crippen molar-refractivity contribution in [3.8, 4) is 0 Å². The van der Waals surface area contributed by atoms with E-state index in [0.29, 0.717) is 17.8 Å². The number of nitrogens with one attached hydrogen (secondary N) is 1. The molecule has 6 nitrogen and oxygen atoms in total. The molecule has 1 aromatic rings. The maximum atomic E-state index is 11.9. The van der Waals surface area contributed by atoms with Gasteiger partial charge in [0.05, 0.1) is 30.7 Å². The second-order valence-corrected chi connectivity index (χ2v) is 5.03. The number of nitrogens with zero attached hydrogens (tertiary/aromatic N) is 2. The lowest BCUT2D eigenvalue weighted by Crippen LogP contribution is -2.38. The van der Waals surface area contributed by atoms with Crippen molar-refractivity contribution in [1.82, 2.24) is 15.2 Å². The summed E-state index contributed by atoms with van der Waals surface area (Å²) in [6.45, 7) is 5.04. The van der Waals surface area contributed by atoms with E-state index < -0.39 is 0 Å². The normalized spacial score (nSPS) is 16.1. The molecule has 3 N–H and O–H groups in total. The number of nitrogens with two attached hydrogens (primary N) is 1. The van der Waals surface area contributed by atoms with Gasteiger partial charge >= 0.3 is 0 Å². The molecule has 7 heteroatoms. The van der Waals surface area contributed by atoms with Crippen molar-refractivity contribution >= 4 is 23.2 Å². The number of ether oxygens (including phenoxy) is 1. The molecule has 0 saturated carbocycles. The fourth-order valence-electron chi connectivity index (χ4n) is 2.05. The van der Waals surface area contributed by atoms with Crippen molar-refractivity contribution in [3.63, 3.8) is 0 Å². The average molecular weight is 299 g/mol. The summed E-state index contributed by atoms with van der Waals surface area (Å²) < 4.78 is 5.28. The maximum Gasteiger partial charge on any atom is 0.254 e. The van der Waals surface area contributed by atoms with Crippen LogP contribution in [0, 0.1) is 0 Å². The third kappa shape index (κ3) is 4.33. The highest BCUT2D eigenvalue weighted by atomic mass is 35.5. The fourth-order valence-corrected chi connectivity index (χ4v) is 2.24. The van der Waals surface area contributed by atoms with Crippen LogP contribution in [0.4, 0.5) is 5.69 Å². The first kappa shape index (κ1) is 15.0. The van der Waals surface area contributed by atoms with Crippen LogP contribution < -0.4 is 11.1 Å². The molecule has 1 amide bonds. The third-order valence-corrected chi connectivity index (χ3v) is 3.45. The Bertz CT molecular complexity index is 464. The Morgan fingerprint density at radius 2 is 2.25 bits per heavy atom. The van der Waals surface area contributed by atoms with E-state index in [0.717, 1.165) is 39.3 Å². The lowest BCUT2D eigenvalue weighted by molar-refractivity contribution is 0.0374. The molecule has 1 fully saturated rings. The number of nitrogen functional groups attached to an aromatic ring is 1. The molecule has 20 heavy (non-hydrogen) atoms. The second kappa shape index (κ2) is 7.42. The SMILES string of the molecule is Nc1cnc(Cl)c(C(=O)NCCCN2CCOCC2)c1. The van der Waals surface area contributed by atoms with E-state index in [-0.39, 0.29) is 11.1 Å². The van der Waals surface area contributed by atoms with Crippen LogP contribution in [0.5, 0.6) is 0 Å². The number of hydrogen-bond donors (Lipinski definition) is 2. The van der Waals surface area contributed by atoms with Gasteiger partial charge in [-0.05, 0) is 19.0 Å². The van der Waals surface area contributed by atoms with Crippen LogP contribution >= 0.6 is 11.6 Å². The standard InChI is InChI=1S/C13H19ClN4O2/c14-12-11(8-10(15)9-17-12)13(19)16-2-1-3-18-4-6-20-7-5-18/h8-9H,1-7,15H2,(H,16,19). The van der Waals surface area contributed by atoms with Crippen LogP contribution in [0.1, 0.15) is 16.8 Å². The van der Waals surface area contributed by atoms with E-state index in [1.165, 1.54) is 12.3 Å². The number of morpholine rings is 1. The molecule has 1 aromatic heterocycles. The fraction of sp³-hybridized carbons (Fsp3) is 0.538. The quantitative estimate of drug-likeness (QED) is 0.620. The van der Waals surface area contributed by atoms with Crippen molar-refractivity contribution in [2.45, 2.75) is 6.42 Å². The summed E-state index contributed by atoms with van der Waals surface area (Å²) in [6.07, 6.45) is 2.32. The zero-order valence-corrected chi connectivity index (χ0v) is 12.0. The van der Waals surface area contributed by atoms with E-state index in [1.807, 2.05) is 0 Å². The van der Waals surface area contributed by atoms with Gasteiger partial charge in [-0.2, -0.15) is 0 Å². The van der Waals surface area contributed by atoms with Crippen molar-refractivity contribution in [1.29, 1.82) is 0 Å². The van der Waals surface area contributed by atoms with E-state index in [9.17, 15) is 4.79 Å². The molecule has 2 rings (SSSR count). The van der Waals surface area contributed by atoms with Crippen LogP contribution in [0.2, 0.25) is 5.15 Å². The smallest absolute Gasteiger partial charge is 0.254 e. The van der Waals surface area contributed by atoms with Gasteiger partial charge in [0.1, 0.15) is 5.15 Å². The molecular formula is C13H19ClN4O2. The largest absolute Gasteiger partial charge is 0.397 e. The van der Waals surface area contributed by atoms with Gasteiger partial charge in [0.15, 0.2) is 0 Å². The van der Waals surface area contributed by atoms with E-state index in [2.05, 4.69) is 15.2 Å². The first-order valence-electron chi connectivity index (χ1n) is 6.66. The molecule has 0 aromatic carbocycles. The molecule has 1 aliphatic heterocycles. The highest BCUT2D eigenvalue weighted by Gasteiger charge is 2.12. The number of aromatic nitrogens is 1. The molecule has 1 aliphatic rings. The molecule has 110 valence electrons. The summed E-state index contributed by atoms with van der Waals surface area (Å²) in [5.41, 5.74) is 6.34. The van der Waals surface area contributed by atoms with Gasteiger partial charge in [0.2, 0.25) is 0 Å². The van der Waals surface area contributed by atoms with Crippen molar-refractivity contribution in [2.75, 3.05) is 45.1 Å². The topological polar surface area (TPSA) is 80.5 Å². The Balaban J connectivity index is 1.73. The number of carbonyl (C=O) groups excluding carboxylic acids is 1. The molecule has 0 unspecified atom stereocenters. The van der Waals surface area contributed by atoms with Crippen molar-refractivity contribution in [2.24, 2.45) is 0 Å². The number of rotatable bonds is 5. The third-order valence-electron chi connectivity index (χ3n) is 3.15. The van der Waals surface area contributed by atoms with Gasteiger partial charge in [-0.15, -0.1) is 0 Å². The monoisotopic (exact) mass is 298 g/mol. The Morgan fingerprint density at radius 1 is 1.50 bits per heavy atom. The van der Waals surface area contributed by atoms with E-state index >= 15 is 0 Å². The van der Waals surface area contributed by atoms with Gasteiger partial charge in [-0.25, -0.2) is 4.98 Å². The minimum absolute atomic E-state index is 0.171. The summed E-state index contributed by atoms with van der Waals surface area (Å²) in [5, 5.41) is 3.00. The minimum Gasteiger partial charge on any atom is -0.397 e. The highest BCUT2D eigenvalue weighted by molar-refractivity contribution is 6.32. The Kier molecular flexibility index (Phi) is 5.58. The van der Waals surface area contributed by atoms with Crippen LogP contribution in [0.25, 0.3) is 0 Å². The summed E-state index contributed by atoms with van der Waals surface area (Å²) in [6, 6.07) is 1.53. The lowest BCUT2D eigenvalue weighted by atomic mass is 10.2. The average Bonchev–Trinajstić information content (AvgIpc) is 2.47. The van der Waals surface area contributed by atoms with Gasteiger partial charge in [0.25, 0.3) is 5.91 Å². The van der Waals surface area contributed by atoms with Crippen LogP contribution in [0.15, 0.2) is 12.3 Å². The summed E-state index contributed by atoms with van der Waals surface area (Å²) in [5.74, 6) is -0.239. The number of pyridine rings is 1. The van der Waals surface area contributed by atoms with Gasteiger partial charge < -0.3 is 15.8 Å². The van der Waals surface area contributed by atoms with E-state index in [1.54, 1.807) is 0 Å². The molecule has 1 saturated heterocycles. The number of carbonyl (C=O) groups is 1. The van der Waals surface area contributed by atoms with Gasteiger partial charge in [-0.1, -0.05) is 11.6 Å². The number of anilines is 1. The molecule has 2 heterocycles. The van der Waals surface area contributed by atoms with Gasteiger partial charge in [-0.3, -0.25) is 9.69 Å². The molecule has 0 atom stereocenters. The van der Waals surface area contributed by atoms with Crippen molar-refractivity contribution in [3.05, 3.63) is 23.0 Å². The highest BCUT2D eigenvalue weighted by Crippen LogP contribution is 2.15. The Labute approximate surface area is 123 Å². The zero-order valence-electron chi connectivity index (χ0n) is 11.3. The van der Waals surface area contributed by atoms with E-state index in [4.69, 9.17) is 22.1 Å². The molecule has 0 spiro atoms. The first-order valence-corrected chi connectivity index (χ1v) is 7.04. The van der Waals surface area contributed by atoms with Gasteiger partial charge in [0, 0.05) is 19.6 Å². The molecule has 0 aliphatic carbocycles. The predicted octanol–water partition coefficient (Wildman–Crippen LogP) is 0.769. The first-order chi connectivity index (χ1) is 9.66.